The predicted octanol–water partition coefficient (Wildman–Crippen LogP) is 5.74. The van der Waals surface area contributed by atoms with Crippen LogP contribution >= 0.6 is 0 Å². The van der Waals surface area contributed by atoms with Gasteiger partial charge in [-0.25, -0.2) is 4.98 Å². The molecule has 1 N–H and O–H groups in total. The Morgan fingerprint density at radius 1 is 0.939 bits per heavy atom. The highest BCUT2D eigenvalue weighted by atomic mass is 16.5. The van der Waals surface area contributed by atoms with Gasteiger partial charge < -0.3 is 19.5 Å². The SMILES string of the molecule is COc1ccc(CCN2CCC(Nc3nc4ccccc4n3CC3CCCCC3)CC2)cc1. The molecule has 1 saturated carbocycles. The second-order valence-electron chi connectivity index (χ2n) is 9.90. The number of likely N-dealkylation sites (tertiary alicyclic amines) is 1. The maximum Gasteiger partial charge on any atom is 0.204 e. The molecule has 0 spiro atoms. The average molecular weight is 447 g/mol. The van der Waals surface area contributed by atoms with Crippen LogP contribution in [0.3, 0.4) is 0 Å². The van der Waals surface area contributed by atoms with E-state index < -0.39 is 0 Å². The van der Waals surface area contributed by atoms with Crippen molar-refractivity contribution in [2.24, 2.45) is 5.92 Å². The van der Waals surface area contributed by atoms with E-state index in [0.717, 1.165) is 55.7 Å². The van der Waals surface area contributed by atoms with Crippen LogP contribution in [0.5, 0.6) is 5.75 Å². The summed E-state index contributed by atoms with van der Waals surface area (Å²) in [5.41, 5.74) is 3.78. The largest absolute Gasteiger partial charge is 0.497 e. The first-order valence-corrected chi connectivity index (χ1v) is 12.9. The number of rotatable bonds is 8. The fourth-order valence-corrected chi connectivity index (χ4v) is 5.56. The number of imidazole rings is 1. The van der Waals surface area contributed by atoms with Crippen LogP contribution in [-0.2, 0) is 13.0 Å². The minimum absolute atomic E-state index is 0.504. The normalized spacial score (nSPS) is 18.6. The predicted molar refractivity (Wildman–Crippen MR) is 136 cm³/mol. The number of methoxy groups -OCH3 is 1. The minimum Gasteiger partial charge on any atom is -0.497 e. The summed E-state index contributed by atoms with van der Waals surface area (Å²) in [5.74, 6) is 2.80. The molecule has 0 radical (unpaired) electrons. The Labute approximate surface area is 198 Å². The molecular formula is C28H38N4O. The summed E-state index contributed by atoms with van der Waals surface area (Å²) in [6, 6.07) is 17.6. The number of hydrogen-bond donors (Lipinski definition) is 1. The van der Waals surface area contributed by atoms with E-state index in [9.17, 15) is 0 Å². The fourth-order valence-electron chi connectivity index (χ4n) is 5.56. The van der Waals surface area contributed by atoms with Gasteiger partial charge in [-0.05, 0) is 67.9 Å². The molecule has 0 bridgehead atoms. The average Bonchev–Trinajstić information content (AvgIpc) is 3.21. The van der Waals surface area contributed by atoms with Gasteiger partial charge in [-0.3, -0.25) is 0 Å². The molecule has 2 aliphatic rings. The van der Waals surface area contributed by atoms with Crippen LogP contribution in [-0.4, -0.2) is 47.2 Å². The van der Waals surface area contributed by atoms with Crippen molar-refractivity contribution in [2.45, 2.75) is 64.0 Å². The first-order chi connectivity index (χ1) is 16.3. The summed E-state index contributed by atoms with van der Waals surface area (Å²) in [6.45, 7) is 4.52. The number of para-hydroxylation sites is 2. The zero-order valence-electron chi connectivity index (χ0n) is 20.0. The van der Waals surface area contributed by atoms with Gasteiger partial charge in [0.1, 0.15) is 5.75 Å². The molecule has 1 aliphatic heterocycles. The van der Waals surface area contributed by atoms with Gasteiger partial charge in [-0.15, -0.1) is 0 Å². The molecule has 176 valence electrons. The molecule has 5 heteroatoms. The molecule has 2 heterocycles. The summed E-state index contributed by atoms with van der Waals surface area (Å²) < 4.78 is 7.74. The van der Waals surface area contributed by atoms with Crippen molar-refractivity contribution in [3.63, 3.8) is 0 Å². The highest BCUT2D eigenvalue weighted by molar-refractivity contribution is 5.78. The van der Waals surface area contributed by atoms with Crippen molar-refractivity contribution >= 4 is 17.0 Å². The first-order valence-electron chi connectivity index (χ1n) is 12.9. The molecule has 0 unspecified atom stereocenters. The molecule has 0 atom stereocenters. The Morgan fingerprint density at radius 3 is 2.45 bits per heavy atom. The van der Waals surface area contributed by atoms with Crippen LogP contribution in [0.15, 0.2) is 48.5 Å². The minimum atomic E-state index is 0.504. The second kappa shape index (κ2) is 10.6. The van der Waals surface area contributed by atoms with Crippen LogP contribution in [0.2, 0.25) is 0 Å². The lowest BCUT2D eigenvalue weighted by molar-refractivity contribution is 0.221. The summed E-state index contributed by atoms with van der Waals surface area (Å²) in [6.07, 6.45) is 10.3. The molecule has 1 aromatic heterocycles. The number of aromatic nitrogens is 2. The Hall–Kier alpha value is -2.53. The molecule has 5 rings (SSSR count). The molecule has 0 amide bonds. The molecule has 2 fully saturated rings. The Morgan fingerprint density at radius 2 is 1.70 bits per heavy atom. The highest BCUT2D eigenvalue weighted by Gasteiger charge is 2.23. The van der Waals surface area contributed by atoms with Crippen molar-refractivity contribution in [3.05, 3.63) is 54.1 Å². The van der Waals surface area contributed by atoms with E-state index in [0.29, 0.717) is 6.04 Å². The van der Waals surface area contributed by atoms with Crippen LogP contribution in [0, 0.1) is 5.92 Å². The molecule has 3 aromatic rings. The summed E-state index contributed by atoms with van der Waals surface area (Å²) >= 11 is 0. The zero-order chi connectivity index (χ0) is 22.5. The molecule has 2 aromatic carbocycles. The number of ether oxygens (including phenoxy) is 1. The Kier molecular flexibility index (Phi) is 7.15. The third-order valence-corrected chi connectivity index (χ3v) is 7.62. The van der Waals surface area contributed by atoms with E-state index in [1.54, 1.807) is 7.11 Å². The maximum atomic E-state index is 5.27. The summed E-state index contributed by atoms with van der Waals surface area (Å²) in [4.78, 5) is 7.61. The number of anilines is 1. The van der Waals surface area contributed by atoms with Crippen LogP contribution in [0.1, 0.15) is 50.5 Å². The first kappa shape index (κ1) is 22.3. The van der Waals surface area contributed by atoms with Gasteiger partial charge in [0, 0.05) is 32.2 Å². The smallest absolute Gasteiger partial charge is 0.204 e. The van der Waals surface area contributed by atoms with Gasteiger partial charge in [0.05, 0.1) is 18.1 Å². The Bertz CT molecular complexity index is 1010. The topological polar surface area (TPSA) is 42.3 Å². The van der Waals surface area contributed by atoms with Crippen molar-refractivity contribution in [1.29, 1.82) is 0 Å². The number of nitrogens with one attached hydrogen (secondary N) is 1. The molecule has 1 aliphatic carbocycles. The lowest BCUT2D eigenvalue weighted by atomic mass is 9.89. The van der Waals surface area contributed by atoms with Gasteiger partial charge >= 0.3 is 0 Å². The second-order valence-corrected chi connectivity index (χ2v) is 9.90. The summed E-state index contributed by atoms with van der Waals surface area (Å²) in [5, 5.41) is 3.85. The standard InChI is InChI=1S/C28H38N4O/c1-33-25-13-11-22(12-14-25)15-18-31-19-16-24(17-20-31)29-28-30-26-9-5-6-10-27(26)32(28)21-23-7-3-2-4-8-23/h5-6,9-14,23-24H,2-4,7-8,15-21H2,1H3,(H,29,30). The van der Waals surface area contributed by atoms with Crippen molar-refractivity contribution < 1.29 is 4.74 Å². The lowest BCUT2D eigenvalue weighted by Gasteiger charge is -2.33. The highest BCUT2D eigenvalue weighted by Crippen LogP contribution is 2.29. The van der Waals surface area contributed by atoms with Crippen molar-refractivity contribution in [3.8, 4) is 5.75 Å². The van der Waals surface area contributed by atoms with E-state index in [2.05, 4.69) is 63.3 Å². The van der Waals surface area contributed by atoms with Gasteiger partial charge in [0.2, 0.25) is 5.95 Å². The number of fused-ring (bicyclic) bond motifs is 1. The van der Waals surface area contributed by atoms with Crippen LogP contribution in [0.25, 0.3) is 11.0 Å². The molecule has 5 nitrogen and oxygen atoms in total. The number of benzene rings is 2. The van der Waals surface area contributed by atoms with E-state index in [1.165, 1.54) is 56.0 Å². The number of nitrogens with zero attached hydrogens (tertiary/aromatic N) is 3. The van der Waals surface area contributed by atoms with Crippen LogP contribution < -0.4 is 10.1 Å². The number of hydrogen-bond acceptors (Lipinski definition) is 4. The van der Waals surface area contributed by atoms with Crippen LogP contribution in [0.4, 0.5) is 5.95 Å². The van der Waals surface area contributed by atoms with Crippen molar-refractivity contribution in [1.82, 2.24) is 14.5 Å². The molecular weight excluding hydrogens is 408 g/mol. The quantitative estimate of drug-likeness (QED) is 0.479. The summed E-state index contributed by atoms with van der Waals surface area (Å²) in [7, 11) is 1.72. The van der Waals surface area contributed by atoms with E-state index in [-0.39, 0.29) is 0 Å². The molecule has 1 saturated heterocycles. The molecule has 33 heavy (non-hydrogen) atoms. The third-order valence-electron chi connectivity index (χ3n) is 7.62. The van der Waals surface area contributed by atoms with Gasteiger partial charge in [0.25, 0.3) is 0 Å². The van der Waals surface area contributed by atoms with Gasteiger partial charge in [-0.1, -0.05) is 43.5 Å². The lowest BCUT2D eigenvalue weighted by Crippen LogP contribution is -2.40. The zero-order valence-corrected chi connectivity index (χ0v) is 20.0. The third kappa shape index (κ3) is 5.52. The van der Waals surface area contributed by atoms with Gasteiger partial charge in [0.15, 0.2) is 0 Å². The fraction of sp³-hybridized carbons (Fsp3) is 0.536. The Balaban J connectivity index is 1.18. The monoisotopic (exact) mass is 446 g/mol. The van der Waals surface area contributed by atoms with E-state index >= 15 is 0 Å². The van der Waals surface area contributed by atoms with E-state index in [4.69, 9.17) is 9.72 Å². The maximum absolute atomic E-state index is 5.27. The van der Waals surface area contributed by atoms with Gasteiger partial charge in [-0.2, -0.15) is 0 Å². The number of piperidine rings is 1. The van der Waals surface area contributed by atoms with Crippen molar-refractivity contribution in [2.75, 3.05) is 32.1 Å². The van der Waals surface area contributed by atoms with E-state index in [1.807, 2.05) is 0 Å².